The SMILES string of the molecule is O=C(O)/C=C/c1ccnc(NC(=O)c2ccon2)c1. The van der Waals surface area contributed by atoms with E-state index < -0.39 is 11.9 Å². The number of carboxylic acid groups (broad SMARTS) is 1. The Bertz CT molecular complexity index is 620. The van der Waals surface area contributed by atoms with Crippen LogP contribution in [0.25, 0.3) is 6.08 Å². The minimum Gasteiger partial charge on any atom is -0.478 e. The maximum Gasteiger partial charge on any atom is 0.328 e. The number of aliphatic carboxylic acids is 1. The Hall–Kier alpha value is -2.96. The van der Waals surface area contributed by atoms with Gasteiger partial charge in [0.15, 0.2) is 5.69 Å². The van der Waals surface area contributed by atoms with E-state index in [0.717, 1.165) is 6.08 Å². The van der Waals surface area contributed by atoms with Crippen LogP contribution in [-0.2, 0) is 4.79 Å². The molecule has 1 amide bonds. The van der Waals surface area contributed by atoms with Gasteiger partial charge in [-0.05, 0) is 23.8 Å². The number of carboxylic acids is 1. The molecule has 0 fully saturated rings. The number of nitrogens with zero attached hydrogens (tertiary/aromatic N) is 2. The normalized spacial score (nSPS) is 10.5. The van der Waals surface area contributed by atoms with E-state index in [9.17, 15) is 9.59 Å². The Morgan fingerprint density at radius 2 is 2.21 bits per heavy atom. The van der Waals surface area contributed by atoms with Crippen molar-refractivity contribution < 1.29 is 19.2 Å². The lowest BCUT2D eigenvalue weighted by atomic mass is 10.2. The van der Waals surface area contributed by atoms with Gasteiger partial charge in [0.2, 0.25) is 0 Å². The van der Waals surface area contributed by atoms with Gasteiger partial charge in [0.1, 0.15) is 12.1 Å². The Labute approximate surface area is 107 Å². The fourth-order valence-electron chi connectivity index (χ4n) is 1.30. The minimum atomic E-state index is -1.05. The third-order valence-corrected chi connectivity index (χ3v) is 2.11. The molecule has 2 rings (SSSR count). The van der Waals surface area contributed by atoms with E-state index >= 15 is 0 Å². The number of amides is 1. The summed E-state index contributed by atoms with van der Waals surface area (Å²) >= 11 is 0. The summed E-state index contributed by atoms with van der Waals surface area (Å²) in [5.41, 5.74) is 0.737. The number of carbonyl (C=O) groups excluding carboxylic acids is 1. The van der Waals surface area contributed by atoms with Crippen LogP contribution in [0.1, 0.15) is 16.1 Å². The highest BCUT2D eigenvalue weighted by Crippen LogP contribution is 2.09. The first kappa shape index (κ1) is 12.5. The van der Waals surface area contributed by atoms with Gasteiger partial charge in [-0.1, -0.05) is 5.16 Å². The first-order valence-corrected chi connectivity index (χ1v) is 5.24. The van der Waals surface area contributed by atoms with Crippen LogP contribution in [0.5, 0.6) is 0 Å². The molecule has 0 aliphatic rings. The molecule has 7 nitrogen and oxygen atoms in total. The minimum absolute atomic E-state index is 0.133. The van der Waals surface area contributed by atoms with Gasteiger partial charge < -0.3 is 14.9 Å². The summed E-state index contributed by atoms with van der Waals surface area (Å²) in [6.07, 6.45) is 5.14. The topological polar surface area (TPSA) is 105 Å². The summed E-state index contributed by atoms with van der Waals surface area (Å²) in [5.74, 6) is -1.22. The van der Waals surface area contributed by atoms with Crippen LogP contribution in [0.15, 0.2) is 41.3 Å². The van der Waals surface area contributed by atoms with E-state index in [1.54, 1.807) is 6.07 Å². The molecule has 7 heteroatoms. The first-order valence-electron chi connectivity index (χ1n) is 5.24. The second-order valence-corrected chi connectivity index (χ2v) is 3.48. The Balaban J connectivity index is 2.11. The molecule has 0 aliphatic heterocycles. The second-order valence-electron chi connectivity index (χ2n) is 3.48. The summed E-state index contributed by atoms with van der Waals surface area (Å²) in [7, 11) is 0. The molecule has 2 N–H and O–H groups in total. The van der Waals surface area contributed by atoms with Crippen molar-refractivity contribution in [3.8, 4) is 0 Å². The highest BCUT2D eigenvalue weighted by Gasteiger charge is 2.09. The average Bonchev–Trinajstić information content (AvgIpc) is 2.91. The number of pyridine rings is 1. The molecular formula is C12H9N3O4. The number of rotatable bonds is 4. The van der Waals surface area contributed by atoms with Gasteiger partial charge in [-0.2, -0.15) is 0 Å². The van der Waals surface area contributed by atoms with Gasteiger partial charge in [0.05, 0.1) is 0 Å². The maximum absolute atomic E-state index is 11.7. The third-order valence-electron chi connectivity index (χ3n) is 2.11. The van der Waals surface area contributed by atoms with Crippen molar-refractivity contribution in [2.75, 3.05) is 5.32 Å². The van der Waals surface area contributed by atoms with Gasteiger partial charge in [0.25, 0.3) is 5.91 Å². The zero-order valence-electron chi connectivity index (χ0n) is 9.61. The van der Waals surface area contributed by atoms with Crippen molar-refractivity contribution in [3.63, 3.8) is 0 Å². The number of carbonyl (C=O) groups is 2. The molecule has 2 heterocycles. The van der Waals surface area contributed by atoms with Crippen molar-refractivity contribution >= 4 is 23.8 Å². The Morgan fingerprint density at radius 1 is 1.37 bits per heavy atom. The van der Waals surface area contributed by atoms with Gasteiger partial charge in [-0.3, -0.25) is 4.79 Å². The summed E-state index contributed by atoms with van der Waals surface area (Å²) in [5, 5.41) is 14.5. The lowest BCUT2D eigenvalue weighted by molar-refractivity contribution is -0.131. The van der Waals surface area contributed by atoms with Crippen LogP contribution in [0.3, 0.4) is 0 Å². The summed E-state index contributed by atoms with van der Waals surface area (Å²) in [4.78, 5) is 26.0. The van der Waals surface area contributed by atoms with Crippen LogP contribution in [0.2, 0.25) is 0 Å². The Kier molecular flexibility index (Phi) is 3.67. The zero-order valence-corrected chi connectivity index (χ0v) is 9.61. The molecule has 0 aromatic carbocycles. The monoisotopic (exact) mass is 259 g/mol. The molecule has 0 aliphatic carbocycles. The van der Waals surface area contributed by atoms with Gasteiger partial charge in [-0.15, -0.1) is 0 Å². The van der Waals surface area contributed by atoms with Gasteiger partial charge in [-0.25, -0.2) is 9.78 Å². The van der Waals surface area contributed by atoms with Crippen molar-refractivity contribution in [1.29, 1.82) is 0 Å². The van der Waals surface area contributed by atoms with Crippen LogP contribution in [-0.4, -0.2) is 27.1 Å². The van der Waals surface area contributed by atoms with Crippen molar-refractivity contribution in [3.05, 3.63) is 48.0 Å². The zero-order chi connectivity index (χ0) is 13.7. The van der Waals surface area contributed by atoms with E-state index in [0.29, 0.717) is 11.4 Å². The highest BCUT2D eigenvalue weighted by atomic mass is 16.5. The van der Waals surface area contributed by atoms with Gasteiger partial charge in [0, 0.05) is 18.3 Å². The maximum atomic E-state index is 11.7. The second kappa shape index (κ2) is 5.58. The number of hydrogen-bond donors (Lipinski definition) is 2. The number of hydrogen-bond acceptors (Lipinski definition) is 5. The van der Waals surface area contributed by atoms with E-state index in [1.807, 2.05) is 0 Å². The molecule has 19 heavy (non-hydrogen) atoms. The quantitative estimate of drug-likeness (QED) is 0.804. The lowest BCUT2D eigenvalue weighted by Gasteiger charge is -2.02. The predicted molar refractivity (Wildman–Crippen MR) is 65.4 cm³/mol. The fraction of sp³-hybridized carbons (Fsp3) is 0. The molecular weight excluding hydrogens is 250 g/mol. The molecule has 0 bridgehead atoms. The van der Waals surface area contributed by atoms with E-state index in [2.05, 4.69) is 20.0 Å². The van der Waals surface area contributed by atoms with Crippen molar-refractivity contribution in [2.45, 2.75) is 0 Å². The number of aromatic nitrogens is 2. The van der Waals surface area contributed by atoms with Crippen LogP contribution in [0.4, 0.5) is 5.82 Å². The third kappa shape index (κ3) is 3.50. The number of anilines is 1. The summed E-state index contributed by atoms with van der Waals surface area (Å²) < 4.78 is 4.55. The summed E-state index contributed by atoms with van der Waals surface area (Å²) in [6, 6.07) is 4.58. The molecule has 0 saturated carbocycles. The molecule has 0 radical (unpaired) electrons. The molecule has 2 aromatic heterocycles. The van der Waals surface area contributed by atoms with E-state index in [-0.39, 0.29) is 5.69 Å². The number of nitrogens with one attached hydrogen (secondary N) is 1. The average molecular weight is 259 g/mol. The molecule has 96 valence electrons. The Morgan fingerprint density at radius 3 is 2.89 bits per heavy atom. The highest BCUT2D eigenvalue weighted by molar-refractivity contribution is 6.02. The molecule has 0 unspecified atom stereocenters. The molecule has 0 saturated heterocycles. The van der Waals surface area contributed by atoms with Crippen LogP contribution >= 0.6 is 0 Å². The van der Waals surface area contributed by atoms with Crippen molar-refractivity contribution in [1.82, 2.24) is 10.1 Å². The standard InChI is InChI=1S/C12H9N3O4/c16-11(17)2-1-8-3-5-13-10(7-8)14-12(18)9-4-6-19-15-9/h1-7H,(H,16,17)(H,13,14,18)/b2-1+. The first-order chi connectivity index (χ1) is 9.15. The summed E-state index contributed by atoms with van der Waals surface area (Å²) in [6.45, 7) is 0. The van der Waals surface area contributed by atoms with Crippen LogP contribution in [0, 0.1) is 0 Å². The van der Waals surface area contributed by atoms with E-state index in [4.69, 9.17) is 5.11 Å². The van der Waals surface area contributed by atoms with Gasteiger partial charge >= 0.3 is 5.97 Å². The lowest BCUT2D eigenvalue weighted by Crippen LogP contribution is -2.13. The largest absolute Gasteiger partial charge is 0.478 e. The smallest absolute Gasteiger partial charge is 0.328 e. The van der Waals surface area contributed by atoms with E-state index in [1.165, 1.54) is 30.7 Å². The molecule has 2 aromatic rings. The predicted octanol–water partition coefficient (Wildman–Crippen LogP) is 1.42. The fourth-order valence-corrected chi connectivity index (χ4v) is 1.30. The molecule has 0 atom stereocenters. The molecule has 0 spiro atoms. The van der Waals surface area contributed by atoms with Crippen LogP contribution < -0.4 is 5.32 Å². The van der Waals surface area contributed by atoms with Crippen molar-refractivity contribution in [2.24, 2.45) is 0 Å².